The van der Waals surface area contributed by atoms with Gasteiger partial charge in [0.15, 0.2) is 0 Å². The summed E-state index contributed by atoms with van der Waals surface area (Å²) in [6.07, 6.45) is 8.29. The summed E-state index contributed by atoms with van der Waals surface area (Å²) in [6, 6.07) is 6.07. The Bertz CT molecular complexity index is 354. The molecule has 94 valence electrons. The standard InChI is InChI=1S/C15H23NO/c1-12-13(7-6-10-15(12)16)11-17-14-8-4-2-3-5-9-14/h6-7,10,14H,2-5,8-9,11,16H2,1H3. The molecule has 0 amide bonds. The SMILES string of the molecule is Cc1c(N)cccc1COC1CCCCCC1. The molecule has 2 rings (SSSR count). The molecule has 0 aromatic heterocycles. The highest BCUT2D eigenvalue weighted by Crippen LogP contribution is 2.22. The van der Waals surface area contributed by atoms with Crippen LogP contribution in [0, 0.1) is 6.92 Å². The number of benzene rings is 1. The van der Waals surface area contributed by atoms with Gasteiger partial charge in [0.2, 0.25) is 0 Å². The zero-order valence-corrected chi connectivity index (χ0v) is 10.7. The fourth-order valence-electron chi connectivity index (χ4n) is 2.48. The van der Waals surface area contributed by atoms with Crippen LogP contribution in [0.15, 0.2) is 18.2 Å². The van der Waals surface area contributed by atoms with Crippen molar-refractivity contribution in [2.75, 3.05) is 5.73 Å². The number of hydrogen-bond acceptors (Lipinski definition) is 2. The molecule has 1 aromatic rings. The van der Waals surface area contributed by atoms with E-state index >= 15 is 0 Å². The maximum atomic E-state index is 6.03. The maximum Gasteiger partial charge on any atom is 0.0723 e. The smallest absolute Gasteiger partial charge is 0.0723 e. The van der Waals surface area contributed by atoms with Crippen molar-refractivity contribution in [3.8, 4) is 0 Å². The Kier molecular flexibility index (Phi) is 4.43. The third-order valence-corrected chi connectivity index (χ3v) is 3.76. The third-order valence-electron chi connectivity index (χ3n) is 3.76. The lowest BCUT2D eigenvalue weighted by Gasteiger charge is -2.16. The normalized spacial score (nSPS) is 17.9. The maximum absolute atomic E-state index is 6.03. The van der Waals surface area contributed by atoms with Gasteiger partial charge in [0.1, 0.15) is 0 Å². The molecule has 2 N–H and O–H groups in total. The Morgan fingerprint density at radius 1 is 1.18 bits per heavy atom. The molecule has 0 unspecified atom stereocenters. The molecular weight excluding hydrogens is 210 g/mol. The van der Waals surface area contributed by atoms with E-state index in [0.717, 1.165) is 5.69 Å². The number of hydrogen-bond donors (Lipinski definition) is 1. The van der Waals surface area contributed by atoms with Gasteiger partial charge >= 0.3 is 0 Å². The molecule has 0 aliphatic heterocycles. The lowest BCUT2D eigenvalue weighted by Crippen LogP contribution is -2.12. The average Bonchev–Trinajstić information content (AvgIpc) is 2.59. The van der Waals surface area contributed by atoms with E-state index in [4.69, 9.17) is 10.5 Å². The van der Waals surface area contributed by atoms with Crippen LogP contribution in [0.5, 0.6) is 0 Å². The molecule has 0 heterocycles. The number of rotatable bonds is 3. The van der Waals surface area contributed by atoms with Crippen molar-refractivity contribution in [1.29, 1.82) is 0 Å². The van der Waals surface area contributed by atoms with E-state index in [1.807, 2.05) is 12.1 Å². The highest BCUT2D eigenvalue weighted by molar-refractivity contribution is 5.49. The molecule has 0 atom stereocenters. The summed E-state index contributed by atoms with van der Waals surface area (Å²) >= 11 is 0. The first-order valence-electron chi connectivity index (χ1n) is 6.73. The van der Waals surface area contributed by atoms with Crippen molar-refractivity contribution in [2.24, 2.45) is 0 Å². The fourth-order valence-corrected chi connectivity index (χ4v) is 2.48. The van der Waals surface area contributed by atoms with Gasteiger partial charge in [0.05, 0.1) is 12.7 Å². The Morgan fingerprint density at radius 2 is 1.88 bits per heavy atom. The van der Waals surface area contributed by atoms with Gasteiger partial charge in [-0.05, 0) is 37.0 Å². The van der Waals surface area contributed by atoms with Crippen molar-refractivity contribution in [3.05, 3.63) is 29.3 Å². The van der Waals surface area contributed by atoms with E-state index in [2.05, 4.69) is 13.0 Å². The third kappa shape index (κ3) is 3.47. The summed E-state index contributed by atoms with van der Waals surface area (Å²) in [7, 11) is 0. The Balaban J connectivity index is 1.90. The molecule has 1 saturated carbocycles. The van der Waals surface area contributed by atoms with Crippen LogP contribution in [0.2, 0.25) is 0 Å². The van der Waals surface area contributed by atoms with Gasteiger partial charge in [-0.2, -0.15) is 0 Å². The molecule has 17 heavy (non-hydrogen) atoms. The molecule has 0 saturated heterocycles. The molecule has 1 fully saturated rings. The predicted octanol–water partition coefficient (Wildman–Crippen LogP) is 3.82. The molecule has 2 nitrogen and oxygen atoms in total. The van der Waals surface area contributed by atoms with Crippen molar-refractivity contribution < 1.29 is 4.74 Å². The summed E-state index contributed by atoms with van der Waals surface area (Å²) in [5.41, 5.74) is 9.16. The summed E-state index contributed by atoms with van der Waals surface area (Å²) in [6.45, 7) is 2.78. The van der Waals surface area contributed by atoms with Crippen LogP contribution < -0.4 is 5.73 Å². The summed E-state index contributed by atoms with van der Waals surface area (Å²) < 4.78 is 6.03. The largest absolute Gasteiger partial charge is 0.399 e. The summed E-state index contributed by atoms with van der Waals surface area (Å²) in [4.78, 5) is 0. The van der Waals surface area contributed by atoms with Crippen molar-refractivity contribution in [2.45, 2.75) is 58.2 Å². The Hall–Kier alpha value is -1.02. The lowest BCUT2D eigenvalue weighted by atomic mass is 10.1. The minimum Gasteiger partial charge on any atom is -0.399 e. The number of nitrogen functional groups attached to an aromatic ring is 1. The monoisotopic (exact) mass is 233 g/mol. The van der Waals surface area contributed by atoms with Crippen LogP contribution in [0.1, 0.15) is 49.7 Å². The van der Waals surface area contributed by atoms with E-state index in [-0.39, 0.29) is 0 Å². The number of anilines is 1. The Morgan fingerprint density at radius 3 is 2.59 bits per heavy atom. The second-order valence-corrected chi connectivity index (χ2v) is 5.06. The van der Waals surface area contributed by atoms with Gasteiger partial charge < -0.3 is 10.5 Å². The van der Waals surface area contributed by atoms with Crippen molar-refractivity contribution in [3.63, 3.8) is 0 Å². The second-order valence-electron chi connectivity index (χ2n) is 5.06. The predicted molar refractivity (Wildman–Crippen MR) is 71.9 cm³/mol. The van der Waals surface area contributed by atoms with Crippen LogP contribution in [0.3, 0.4) is 0 Å². The fraction of sp³-hybridized carbons (Fsp3) is 0.600. The second kappa shape index (κ2) is 6.06. The lowest BCUT2D eigenvalue weighted by molar-refractivity contribution is 0.0307. The van der Waals surface area contributed by atoms with Crippen LogP contribution in [-0.4, -0.2) is 6.10 Å². The van der Waals surface area contributed by atoms with Crippen molar-refractivity contribution in [1.82, 2.24) is 0 Å². The van der Waals surface area contributed by atoms with Gasteiger partial charge in [-0.25, -0.2) is 0 Å². The number of nitrogens with two attached hydrogens (primary N) is 1. The zero-order valence-electron chi connectivity index (χ0n) is 10.7. The topological polar surface area (TPSA) is 35.2 Å². The minimum absolute atomic E-state index is 0.457. The molecule has 2 heteroatoms. The van der Waals surface area contributed by atoms with Gasteiger partial charge in [-0.1, -0.05) is 37.8 Å². The molecule has 1 aliphatic rings. The Labute approximate surface area is 104 Å². The average molecular weight is 233 g/mol. The first kappa shape index (κ1) is 12.4. The van der Waals surface area contributed by atoms with E-state index in [1.165, 1.54) is 49.7 Å². The van der Waals surface area contributed by atoms with Gasteiger partial charge in [-0.3, -0.25) is 0 Å². The van der Waals surface area contributed by atoms with Crippen LogP contribution >= 0.6 is 0 Å². The zero-order chi connectivity index (χ0) is 12.1. The van der Waals surface area contributed by atoms with Gasteiger partial charge in [0, 0.05) is 5.69 Å². The van der Waals surface area contributed by atoms with E-state index in [1.54, 1.807) is 0 Å². The first-order chi connectivity index (χ1) is 8.27. The molecular formula is C15H23NO. The van der Waals surface area contributed by atoms with E-state index in [0.29, 0.717) is 12.7 Å². The highest BCUT2D eigenvalue weighted by Gasteiger charge is 2.13. The number of ether oxygens (including phenoxy) is 1. The van der Waals surface area contributed by atoms with Gasteiger partial charge in [0.25, 0.3) is 0 Å². The van der Waals surface area contributed by atoms with E-state index < -0.39 is 0 Å². The van der Waals surface area contributed by atoms with Gasteiger partial charge in [-0.15, -0.1) is 0 Å². The molecule has 0 radical (unpaired) electrons. The summed E-state index contributed by atoms with van der Waals surface area (Å²) in [5.74, 6) is 0. The van der Waals surface area contributed by atoms with Crippen LogP contribution in [-0.2, 0) is 11.3 Å². The van der Waals surface area contributed by atoms with Crippen molar-refractivity contribution >= 4 is 5.69 Å². The quantitative estimate of drug-likeness (QED) is 0.636. The minimum atomic E-state index is 0.457. The first-order valence-corrected chi connectivity index (χ1v) is 6.73. The van der Waals surface area contributed by atoms with Crippen LogP contribution in [0.25, 0.3) is 0 Å². The van der Waals surface area contributed by atoms with Crippen LogP contribution in [0.4, 0.5) is 5.69 Å². The molecule has 1 aliphatic carbocycles. The molecule has 0 spiro atoms. The highest BCUT2D eigenvalue weighted by atomic mass is 16.5. The van der Waals surface area contributed by atoms with E-state index in [9.17, 15) is 0 Å². The molecule has 0 bridgehead atoms. The summed E-state index contributed by atoms with van der Waals surface area (Å²) in [5, 5.41) is 0. The molecule has 1 aromatic carbocycles.